The van der Waals surface area contributed by atoms with Crippen LogP contribution in [0.15, 0.2) is 18.2 Å². The average molecular weight is 1170 g/mol. The SMILES string of the molecule is CCCCCCCCCCCCCCCCCCOCCOCCOCCOCCOCCOCCOCCOCCOCCOCCOCCOCCOCCCCCC(=O)Nc1cccc2c1C(=O)N(C1CCC(=O)NC1=O)C2=O. The fraction of sp³-hybridized carbons (Fsp3) is 0.820. The van der Waals surface area contributed by atoms with Gasteiger partial charge in [-0.2, -0.15) is 0 Å². The van der Waals surface area contributed by atoms with Crippen molar-refractivity contribution < 1.29 is 85.6 Å². The van der Waals surface area contributed by atoms with Gasteiger partial charge in [0.1, 0.15) is 6.04 Å². The van der Waals surface area contributed by atoms with Crippen molar-refractivity contribution in [2.75, 3.05) is 177 Å². The summed E-state index contributed by atoms with van der Waals surface area (Å²) in [7, 11) is 0. The quantitative estimate of drug-likeness (QED) is 0.0464. The molecule has 2 aliphatic heterocycles. The van der Waals surface area contributed by atoms with Crippen LogP contribution in [-0.2, 0) is 76.0 Å². The van der Waals surface area contributed by atoms with Gasteiger partial charge < -0.3 is 66.9 Å². The number of nitrogens with zero attached hydrogens (tertiary/aromatic N) is 1. The Bertz CT molecular complexity index is 1760. The molecule has 0 spiro atoms. The number of imide groups is 2. The van der Waals surface area contributed by atoms with Crippen LogP contribution in [-0.4, -0.2) is 212 Å². The minimum absolute atomic E-state index is 0.0263. The average Bonchev–Trinajstić information content (AvgIpc) is 2.77. The van der Waals surface area contributed by atoms with Crippen LogP contribution in [0.3, 0.4) is 0 Å². The van der Waals surface area contributed by atoms with Gasteiger partial charge in [-0.3, -0.25) is 34.2 Å². The summed E-state index contributed by atoms with van der Waals surface area (Å²) in [5.41, 5.74) is 0.379. The molecule has 21 heteroatoms. The normalized spacial score (nSPS) is 14.4. The Kier molecular flexibility index (Phi) is 47.0. The lowest BCUT2D eigenvalue weighted by atomic mass is 10.0. The standard InChI is InChI=1S/C61H105N3O18/c1-2-3-4-5-6-7-8-9-10-11-12-13-14-15-16-19-27-70-29-31-72-33-35-74-37-39-76-41-43-78-45-47-80-49-51-82-52-50-81-48-46-79-44-42-77-40-38-75-36-34-73-32-30-71-28-20-17-18-24-56(65)62-54-23-21-22-53-58(54)61(69)64(60(53)68)55-25-26-57(66)63-59(55)67/h21-23,55H,2-20,24-52H2,1H3,(H,62,65)(H,63,66,67). The summed E-state index contributed by atoms with van der Waals surface area (Å²) in [4.78, 5) is 63.8. The van der Waals surface area contributed by atoms with Gasteiger partial charge in [-0.25, -0.2) is 0 Å². The molecule has 2 aliphatic rings. The van der Waals surface area contributed by atoms with Crippen LogP contribution in [0.2, 0.25) is 0 Å². The zero-order valence-electron chi connectivity index (χ0n) is 50.0. The molecule has 0 radical (unpaired) electrons. The molecule has 82 heavy (non-hydrogen) atoms. The monoisotopic (exact) mass is 1170 g/mol. The van der Waals surface area contributed by atoms with Crippen molar-refractivity contribution in [1.29, 1.82) is 0 Å². The highest BCUT2D eigenvalue weighted by atomic mass is 16.6. The first-order valence-electron chi connectivity index (χ1n) is 31.1. The molecular formula is C61H105N3O18. The summed E-state index contributed by atoms with van der Waals surface area (Å²) in [6, 6.07) is 3.53. The van der Waals surface area contributed by atoms with Crippen LogP contribution >= 0.6 is 0 Å². The van der Waals surface area contributed by atoms with Crippen LogP contribution in [0.4, 0.5) is 5.69 Å². The van der Waals surface area contributed by atoms with Gasteiger partial charge in [0.05, 0.1) is 175 Å². The first-order chi connectivity index (χ1) is 40.4. The highest BCUT2D eigenvalue weighted by molar-refractivity contribution is 6.26. The van der Waals surface area contributed by atoms with E-state index in [0.29, 0.717) is 172 Å². The van der Waals surface area contributed by atoms with Gasteiger partial charge in [0.15, 0.2) is 0 Å². The highest BCUT2D eigenvalue weighted by Gasteiger charge is 2.45. The van der Waals surface area contributed by atoms with Crippen LogP contribution in [0.1, 0.15) is 169 Å². The molecule has 1 atom stereocenters. The van der Waals surface area contributed by atoms with Crippen molar-refractivity contribution in [1.82, 2.24) is 10.2 Å². The molecule has 0 saturated carbocycles. The van der Waals surface area contributed by atoms with E-state index in [1.807, 2.05) is 0 Å². The number of hydrogen-bond donors (Lipinski definition) is 2. The summed E-state index contributed by atoms with van der Waals surface area (Å²) in [6.45, 7) is 15.5. The number of benzene rings is 1. The third-order valence-corrected chi connectivity index (χ3v) is 13.5. The number of anilines is 1. The van der Waals surface area contributed by atoms with Gasteiger partial charge in [-0.05, 0) is 37.8 Å². The second kappa shape index (κ2) is 53.0. The molecule has 3 rings (SSSR count). The molecule has 1 saturated heterocycles. The Morgan fingerprint density at radius 1 is 0.427 bits per heavy atom. The molecule has 0 aromatic heterocycles. The lowest BCUT2D eigenvalue weighted by Gasteiger charge is -2.27. The van der Waals surface area contributed by atoms with Crippen molar-refractivity contribution in [3.63, 3.8) is 0 Å². The minimum Gasteiger partial charge on any atom is -0.379 e. The number of ether oxygens (including phenoxy) is 13. The Balaban J connectivity index is 0.904. The largest absolute Gasteiger partial charge is 0.379 e. The van der Waals surface area contributed by atoms with E-state index in [2.05, 4.69) is 17.6 Å². The maximum absolute atomic E-state index is 13.2. The van der Waals surface area contributed by atoms with Crippen LogP contribution < -0.4 is 10.6 Å². The smallest absolute Gasteiger partial charge is 0.264 e. The van der Waals surface area contributed by atoms with Crippen molar-refractivity contribution in [2.24, 2.45) is 0 Å². The third kappa shape index (κ3) is 37.7. The summed E-state index contributed by atoms with van der Waals surface area (Å²) in [6.07, 6.45) is 24.5. The van der Waals surface area contributed by atoms with E-state index in [9.17, 15) is 24.0 Å². The van der Waals surface area contributed by atoms with E-state index >= 15 is 0 Å². The predicted molar refractivity (Wildman–Crippen MR) is 310 cm³/mol. The molecule has 1 aromatic carbocycles. The number of carbonyl (C=O) groups excluding carboxylic acids is 5. The van der Waals surface area contributed by atoms with Crippen molar-refractivity contribution in [3.8, 4) is 0 Å². The second-order valence-electron chi connectivity index (χ2n) is 20.3. The van der Waals surface area contributed by atoms with Crippen LogP contribution in [0.5, 0.6) is 0 Å². The maximum Gasteiger partial charge on any atom is 0.264 e. The third-order valence-electron chi connectivity index (χ3n) is 13.5. The van der Waals surface area contributed by atoms with Gasteiger partial charge in [0, 0.05) is 26.1 Å². The van der Waals surface area contributed by atoms with E-state index in [1.165, 1.54) is 102 Å². The highest BCUT2D eigenvalue weighted by Crippen LogP contribution is 2.32. The van der Waals surface area contributed by atoms with E-state index < -0.39 is 29.7 Å². The molecule has 1 fully saturated rings. The number of rotatable bonds is 61. The zero-order chi connectivity index (χ0) is 58.4. The molecule has 2 heterocycles. The first-order valence-corrected chi connectivity index (χ1v) is 31.1. The van der Waals surface area contributed by atoms with Crippen molar-refractivity contribution in [3.05, 3.63) is 29.3 Å². The van der Waals surface area contributed by atoms with E-state index in [0.717, 1.165) is 30.8 Å². The van der Waals surface area contributed by atoms with Gasteiger partial charge in [0.25, 0.3) is 11.8 Å². The predicted octanol–water partition coefficient (Wildman–Crippen LogP) is 8.06. The molecule has 2 N–H and O–H groups in total. The number of fused-ring (bicyclic) bond motifs is 1. The molecule has 5 amide bonds. The van der Waals surface area contributed by atoms with Crippen LogP contribution in [0.25, 0.3) is 0 Å². The summed E-state index contributed by atoms with van der Waals surface area (Å²) >= 11 is 0. The van der Waals surface area contributed by atoms with E-state index in [1.54, 1.807) is 12.1 Å². The molecule has 1 unspecified atom stereocenters. The number of piperidine rings is 1. The number of carbonyl (C=O) groups is 5. The summed E-state index contributed by atoms with van der Waals surface area (Å²) in [5, 5.41) is 4.92. The summed E-state index contributed by atoms with van der Waals surface area (Å²) < 4.78 is 72.3. The fourth-order valence-corrected chi connectivity index (χ4v) is 8.99. The van der Waals surface area contributed by atoms with Gasteiger partial charge in [0.2, 0.25) is 17.7 Å². The zero-order valence-corrected chi connectivity index (χ0v) is 50.0. The number of amides is 5. The lowest BCUT2D eigenvalue weighted by Crippen LogP contribution is -2.54. The Morgan fingerprint density at radius 3 is 1.09 bits per heavy atom. The molecule has 472 valence electrons. The molecule has 21 nitrogen and oxygen atoms in total. The number of nitrogens with one attached hydrogen (secondary N) is 2. The summed E-state index contributed by atoms with van der Waals surface area (Å²) in [5.74, 6) is -2.72. The number of unbranched alkanes of at least 4 members (excludes halogenated alkanes) is 17. The Morgan fingerprint density at radius 2 is 0.744 bits per heavy atom. The van der Waals surface area contributed by atoms with Crippen molar-refractivity contribution >= 4 is 35.2 Å². The van der Waals surface area contributed by atoms with E-state index in [4.69, 9.17) is 61.6 Å². The van der Waals surface area contributed by atoms with Gasteiger partial charge in [-0.15, -0.1) is 0 Å². The van der Waals surface area contributed by atoms with Crippen molar-refractivity contribution in [2.45, 2.75) is 154 Å². The first kappa shape index (κ1) is 72.7. The molecule has 0 aliphatic carbocycles. The molecular weight excluding hydrogens is 1060 g/mol. The van der Waals surface area contributed by atoms with Crippen LogP contribution in [0, 0.1) is 0 Å². The second-order valence-corrected chi connectivity index (χ2v) is 20.3. The van der Waals surface area contributed by atoms with E-state index in [-0.39, 0.29) is 42.0 Å². The molecule has 1 aromatic rings. The Labute approximate surface area is 490 Å². The Hall–Kier alpha value is -3.55. The number of hydrogen-bond acceptors (Lipinski definition) is 18. The lowest BCUT2D eigenvalue weighted by molar-refractivity contribution is -0.136. The van der Waals surface area contributed by atoms with Gasteiger partial charge >= 0.3 is 0 Å². The maximum atomic E-state index is 13.2. The topological polar surface area (TPSA) is 233 Å². The van der Waals surface area contributed by atoms with Gasteiger partial charge in [-0.1, -0.05) is 116 Å². The fourth-order valence-electron chi connectivity index (χ4n) is 8.99. The minimum atomic E-state index is -1.08. The molecule has 0 bridgehead atoms.